The van der Waals surface area contributed by atoms with Crippen LogP contribution in [-0.4, -0.2) is 33.6 Å². The molecule has 5 nitrogen and oxygen atoms in total. The summed E-state index contributed by atoms with van der Waals surface area (Å²) < 4.78 is 62.0. The van der Waals surface area contributed by atoms with Crippen LogP contribution in [0.2, 0.25) is 5.02 Å². The molecular weight excluding hydrogens is 405 g/mol. The van der Waals surface area contributed by atoms with Crippen LogP contribution in [0.4, 0.5) is 13.2 Å². The lowest BCUT2D eigenvalue weighted by atomic mass is 10.1. The van der Waals surface area contributed by atoms with Crippen LogP contribution in [0.1, 0.15) is 15.9 Å². The minimum Gasteiger partial charge on any atom is -0.352 e. The number of hydrogen-bond acceptors (Lipinski definition) is 3. The Morgan fingerprint density at radius 3 is 2.44 bits per heavy atom. The monoisotopic (exact) mass is 420 g/mol. The Hall–Kier alpha value is -2.10. The van der Waals surface area contributed by atoms with Crippen LogP contribution in [-0.2, 0) is 16.4 Å². The summed E-state index contributed by atoms with van der Waals surface area (Å²) >= 11 is 5.88. The summed E-state index contributed by atoms with van der Waals surface area (Å²) in [4.78, 5) is 11.7. The van der Waals surface area contributed by atoms with Gasteiger partial charge in [-0.05, 0) is 42.3 Å². The molecule has 0 bridgehead atoms. The summed E-state index contributed by atoms with van der Waals surface area (Å²) in [5.41, 5.74) is 0.937. The van der Waals surface area contributed by atoms with Gasteiger partial charge < -0.3 is 5.32 Å². The van der Waals surface area contributed by atoms with Crippen LogP contribution in [0, 0.1) is 0 Å². The molecule has 0 aliphatic carbocycles. The van der Waals surface area contributed by atoms with E-state index in [4.69, 9.17) is 11.6 Å². The summed E-state index contributed by atoms with van der Waals surface area (Å²) in [7, 11) is -4.38. The van der Waals surface area contributed by atoms with Crippen molar-refractivity contribution in [2.75, 3.05) is 13.1 Å². The van der Waals surface area contributed by atoms with Crippen LogP contribution in [0.3, 0.4) is 0 Å². The Morgan fingerprint density at radius 2 is 1.78 bits per heavy atom. The SMILES string of the molecule is O=C(NCCc1cccc(Cl)c1)c1cccc(S(=O)(=O)NCC(F)(F)F)c1. The molecule has 0 atom stereocenters. The molecule has 0 saturated heterocycles. The Bertz CT molecular complexity index is 918. The summed E-state index contributed by atoms with van der Waals surface area (Å²) in [5.74, 6) is -0.537. The van der Waals surface area contributed by atoms with Gasteiger partial charge in [0.1, 0.15) is 6.54 Å². The fourth-order valence-corrected chi connectivity index (χ4v) is 3.45. The van der Waals surface area contributed by atoms with Crippen molar-refractivity contribution in [1.82, 2.24) is 10.0 Å². The standard InChI is InChI=1S/C17H16ClF3N2O3S/c18-14-5-1-3-12(9-14)7-8-22-16(24)13-4-2-6-15(10-13)27(25,26)23-11-17(19,20)21/h1-6,9-10,23H,7-8,11H2,(H,22,24). The number of alkyl halides is 3. The molecular formula is C17H16ClF3N2O3S. The summed E-state index contributed by atoms with van der Waals surface area (Å²) in [6.45, 7) is -1.41. The largest absolute Gasteiger partial charge is 0.402 e. The third-order valence-corrected chi connectivity index (χ3v) is 5.09. The van der Waals surface area contributed by atoms with E-state index in [-0.39, 0.29) is 12.1 Å². The second kappa shape index (κ2) is 8.73. The lowest BCUT2D eigenvalue weighted by Gasteiger charge is -2.10. The number of rotatable bonds is 7. The zero-order chi connectivity index (χ0) is 20.1. The number of nitrogens with one attached hydrogen (secondary N) is 2. The molecule has 0 radical (unpaired) electrons. The highest BCUT2D eigenvalue weighted by Gasteiger charge is 2.30. The average Bonchev–Trinajstić information content (AvgIpc) is 2.60. The molecule has 2 rings (SSSR count). The van der Waals surface area contributed by atoms with E-state index in [1.807, 2.05) is 6.07 Å². The number of carbonyl (C=O) groups is 1. The average molecular weight is 421 g/mol. The summed E-state index contributed by atoms with van der Waals surface area (Å²) in [5, 5.41) is 3.20. The molecule has 0 aliphatic heterocycles. The van der Waals surface area contributed by atoms with Crippen molar-refractivity contribution in [2.24, 2.45) is 0 Å². The molecule has 0 aliphatic rings. The van der Waals surface area contributed by atoms with Crippen LogP contribution >= 0.6 is 11.6 Å². The van der Waals surface area contributed by atoms with Gasteiger partial charge in [-0.1, -0.05) is 29.8 Å². The summed E-state index contributed by atoms with van der Waals surface area (Å²) in [6.07, 6.45) is -4.17. The van der Waals surface area contributed by atoms with E-state index in [2.05, 4.69) is 5.32 Å². The predicted octanol–water partition coefficient (Wildman–Crippen LogP) is 3.15. The van der Waals surface area contributed by atoms with Crippen molar-refractivity contribution < 1.29 is 26.4 Å². The molecule has 1 amide bonds. The Kier molecular flexibility index (Phi) is 6.85. The highest BCUT2D eigenvalue weighted by atomic mass is 35.5. The number of benzene rings is 2. The van der Waals surface area contributed by atoms with Gasteiger partial charge in [0.25, 0.3) is 5.91 Å². The van der Waals surface area contributed by atoms with E-state index in [9.17, 15) is 26.4 Å². The minimum absolute atomic E-state index is 0.0241. The molecule has 2 aromatic rings. The molecule has 0 saturated carbocycles. The number of hydrogen-bond donors (Lipinski definition) is 2. The van der Waals surface area contributed by atoms with Crippen molar-refractivity contribution in [3.8, 4) is 0 Å². The maximum Gasteiger partial charge on any atom is 0.402 e. The van der Waals surface area contributed by atoms with Gasteiger partial charge in [-0.3, -0.25) is 4.79 Å². The van der Waals surface area contributed by atoms with Crippen LogP contribution in [0.25, 0.3) is 0 Å². The first-order valence-electron chi connectivity index (χ1n) is 7.76. The first-order valence-corrected chi connectivity index (χ1v) is 9.62. The van der Waals surface area contributed by atoms with Gasteiger partial charge in [0.2, 0.25) is 10.0 Å². The zero-order valence-electron chi connectivity index (χ0n) is 13.9. The number of carbonyl (C=O) groups excluding carboxylic acids is 1. The third kappa shape index (κ3) is 6.85. The lowest BCUT2D eigenvalue weighted by molar-refractivity contribution is -0.121. The molecule has 0 spiro atoms. The van der Waals surface area contributed by atoms with E-state index in [0.29, 0.717) is 11.4 Å². The van der Waals surface area contributed by atoms with Crippen molar-refractivity contribution in [3.63, 3.8) is 0 Å². The van der Waals surface area contributed by atoms with Crippen molar-refractivity contribution in [2.45, 2.75) is 17.5 Å². The summed E-state index contributed by atoms with van der Waals surface area (Å²) in [6, 6.07) is 11.9. The first kappa shape index (κ1) is 21.2. The first-order chi connectivity index (χ1) is 12.6. The molecule has 2 N–H and O–H groups in total. The van der Waals surface area contributed by atoms with Crippen LogP contribution < -0.4 is 10.0 Å². The molecule has 0 aromatic heterocycles. The third-order valence-electron chi connectivity index (χ3n) is 3.46. The zero-order valence-corrected chi connectivity index (χ0v) is 15.5. The molecule has 146 valence electrons. The van der Waals surface area contributed by atoms with E-state index >= 15 is 0 Å². The maximum absolute atomic E-state index is 12.2. The second-order valence-electron chi connectivity index (χ2n) is 5.60. The molecule has 0 unspecified atom stereocenters. The van der Waals surface area contributed by atoms with Crippen molar-refractivity contribution >= 4 is 27.5 Å². The van der Waals surface area contributed by atoms with E-state index in [1.54, 1.807) is 18.2 Å². The molecule has 2 aromatic carbocycles. The van der Waals surface area contributed by atoms with Gasteiger partial charge in [-0.2, -0.15) is 13.2 Å². The van der Waals surface area contributed by atoms with Gasteiger partial charge in [-0.25, -0.2) is 13.1 Å². The van der Waals surface area contributed by atoms with Crippen LogP contribution in [0.15, 0.2) is 53.4 Å². The topological polar surface area (TPSA) is 75.3 Å². The fraction of sp³-hybridized carbons (Fsp3) is 0.235. The Balaban J connectivity index is 2.00. The van der Waals surface area contributed by atoms with Gasteiger partial charge in [0, 0.05) is 17.1 Å². The van der Waals surface area contributed by atoms with Gasteiger partial charge in [0.15, 0.2) is 0 Å². The fourth-order valence-electron chi connectivity index (χ4n) is 2.18. The number of sulfonamides is 1. The smallest absolute Gasteiger partial charge is 0.352 e. The van der Waals surface area contributed by atoms with Crippen molar-refractivity contribution in [3.05, 3.63) is 64.7 Å². The maximum atomic E-state index is 12.2. The number of halogens is 4. The molecule has 27 heavy (non-hydrogen) atoms. The van der Waals surface area contributed by atoms with E-state index < -0.39 is 33.5 Å². The minimum atomic E-state index is -4.68. The lowest BCUT2D eigenvalue weighted by Crippen LogP contribution is -2.34. The second-order valence-corrected chi connectivity index (χ2v) is 7.81. The predicted molar refractivity (Wildman–Crippen MR) is 95.2 cm³/mol. The quantitative estimate of drug-likeness (QED) is 0.722. The Labute approximate surface area is 159 Å². The van der Waals surface area contributed by atoms with E-state index in [0.717, 1.165) is 17.7 Å². The van der Waals surface area contributed by atoms with Crippen LogP contribution in [0.5, 0.6) is 0 Å². The molecule has 10 heteroatoms. The van der Waals surface area contributed by atoms with E-state index in [1.165, 1.54) is 16.9 Å². The van der Waals surface area contributed by atoms with Gasteiger partial charge in [-0.15, -0.1) is 0 Å². The highest BCUT2D eigenvalue weighted by molar-refractivity contribution is 7.89. The normalized spacial score (nSPS) is 12.0. The van der Waals surface area contributed by atoms with Gasteiger partial charge >= 0.3 is 6.18 Å². The number of amides is 1. The Morgan fingerprint density at radius 1 is 1.07 bits per heavy atom. The van der Waals surface area contributed by atoms with Gasteiger partial charge in [0.05, 0.1) is 4.90 Å². The molecule has 0 heterocycles. The highest BCUT2D eigenvalue weighted by Crippen LogP contribution is 2.16. The molecule has 0 fully saturated rings. The van der Waals surface area contributed by atoms with Crippen molar-refractivity contribution in [1.29, 1.82) is 0 Å².